The van der Waals surface area contributed by atoms with Gasteiger partial charge in [0.15, 0.2) is 5.82 Å². The summed E-state index contributed by atoms with van der Waals surface area (Å²) in [6, 6.07) is 19.7. The molecule has 0 amide bonds. The van der Waals surface area contributed by atoms with Gasteiger partial charge >= 0.3 is 0 Å². The first-order valence-electron chi connectivity index (χ1n) is 6.87. The third kappa shape index (κ3) is 2.98. The highest BCUT2D eigenvalue weighted by Crippen LogP contribution is 2.20. The molecule has 5 nitrogen and oxygen atoms in total. The minimum Gasteiger partial charge on any atom is -0.396 e. The molecule has 21 heavy (non-hydrogen) atoms. The van der Waals surface area contributed by atoms with Crippen molar-refractivity contribution in [1.82, 2.24) is 20.2 Å². The minimum absolute atomic E-state index is 0.0142. The van der Waals surface area contributed by atoms with Crippen molar-refractivity contribution in [2.75, 3.05) is 6.61 Å². The second-order valence-electron chi connectivity index (χ2n) is 4.84. The molecule has 3 aromatic rings. The predicted molar refractivity (Wildman–Crippen MR) is 79.1 cm³/mol. The van der Waals surface area contributed by atoms with Gasteiger partial charge in [0.1, 0.15) is 0 Å². The van der Waals surface area contributed by atoms with Gasteiger partial charge in [0.25, 0.3) is 0 Å². The van der Waals surface area contributed by atoms with E-state index in [0.717, 1.165) is 17.1 Å². The molecule has 0 aliphatic heterocycles. The number of aromatic nitrogens is 4. The van der Waals surface area contributed by atoms with Crippen molar-refractivity contribution >= 4 is 0 Å². The Morgan fingerprint density at radius 3 is 2.29 bits per heavy atom. The van der Waals surface area contributed by atoms with E-state index in [-0.39, 0.29) is 12.5 Å². The molecule has 1 unspecified atom stereocenters. The van der Waals surface area contributed by atoms with E-state index in [1.54, 1.807) is 4.68 Å². The fourth-order valence-corrected chi connectivity index (χ4v) is 2.34. The van der Waals surface area contributed by atoms with Crippen LogP contribution < -0.4 is 0 Å². The summed E-state index contributed by atoms with van der Waals surface area (Å²) >= 11 is 0. The molecule has 0 fully saturated rings. The Kier molecular flexibility index (Phi) is 4.02. The largest absolute Gasteiger partial charge is 0.396 e. The highest BCUT2D eigenvalue weighted by atomic mass is 16.3. The Morgan fingerprint density at radius 1 is 0.952 bits per heavy atom. The zero-order valence-corrected chi connectivity index (χ0v) is 11.5. The number of rotatable bonds is 5. The molecule has 0 saturated heterocycles. The second kappa shape index (κ2) is 6.28. The van der Waals surface area contributed by atoms with E-state index < -0.39 is 0 Å². The molecule has 0 spiro atoms. The van der Waals surface area contributed by atoms with E-state index in [1.165, 1.54) is 0 Å². The van der Waals surface area contributed by atoms with Gasteiger partial charge < -0.3 is 5.11 Å². The maximum Gasteiger partial charge on any atom is 0.157 e. The van der Waals surface area contributed by atoms with E-state index in [1.807, 2.05) is 60.7 Å². The number of nitrogens with zero attached hydrogens (tertiary/aromatic N) is 4. The maximum absolute atomic E-state index is 9.66. The van der Waals surface area contributed by atoms with Gasteiger partial charge in [-0.2, -0.15) is 4.68 Å². The lowest BCUT2D eigenvalue weighted by atomic mass is 9.96. The topological polar surface area (TPSA) is 63.8 Å². The number of hydrogen-bond donors (Lipinski definition) is 1. The lowest BCUT2D eigenvalue weighted by Gasteiger charge is -2.14. The summed E-state index contributed by atoms with van der Waals surface area (Å²) in [4.78, 5) is 0. The van der Waals surface area contributed by atoms with Crippen LogP contribution in [0.2, 0.25) is 0 Å². The van der Waals surface area contributed by atoms with Gasteiger partial charge in [-0.05, 0) is 28.1 Å². The Balaban J connectivity index is 1.87. The summed E-state index contributed by atoms with van der Waals surface area (Å²) < 4.78 is 1.71. The molecular weight excluding hydrogens is 264 g/mol. The highest BCUT2D eigenvalue weighted by Gasteiger charge is 2.16. The second-order valence-corrected chi connectivity index (χ2v) is 4.84. The van der Waals surface area contributed by atoms with E-state index in [9.17, 15) is 5.11 Å². The molecule has 3 rings (SSSR count). The van der Waals surface area contributed by atoms with Gasteiger partial charge in [-0.3, -0.25) is 0 Å². The van der Waals surface area contributed by atoms with Crippen LogP contribution in [0.5, 0.6) is 0 Å². The zero-order valence-electron chi connectivity index (χ0n) is 11.5. The van der Waals surface area contributed by atoms with Crippen LogP contribution in [0.25, 0.3) is 5.69 Å². The number of aliphatic hydroxyl groups excluding tert-OH is 1. The minimum atomic E-state index is -0.0142. The summed E-state index contributed by atoms with van der Waals surface area (Å²) in [6.45, 7) is 0.0612. The average Bonchev–Trinajstić information content (AvgIpc) is 3.02. The standard InChI is InChI=1S/C16H16N4O/c21-12-14(13-7-3-1-4-8-13)11-16-17-18-19-20(16)15-9-5-2-6-10-15/h1-10,14,21H,11-12H2. The number of tetrazole rings is 1. The maximum atomic E-state index is 9.66. The Bertz CT molecular complexity index is 682. The number of benzene rings is 2. The van der Waals surface area contributed by atoms with Crippen LogP contribution in [0, 0.1) is 0 Å². The summed E-state index contributed by atoms with van der Waals surface area (Å²) in [5.41, 5.74) is 2.00. The van der Waals surface area contributed by atoms with Gasteiger partial charge in [-0.15, -0.1) is 5.10 Å². The first-order valence-corrected chi connectivity index (χ1v) is 6.87. The third-order valence-corrected chi connectivity index (χ3v) is 3.46. The summed E-state index contributed by atoms with van der Waals surface area (Å²) in [6.07, 6.45) is 0.586. The molecule has 1 atom stereocenters. The lowest BCUT2D eigenvalue weighted by Crippen LogP contribution is -2.12. The molecule has 0 saturated carbocycles. The van der Waals surface area contributed by atoms with Crippen molar-refractivity contribution in [3.8, 4) is 5.69 Å². The Hall–Kier alpha value is -2.53. The third-order valence-electron chi connectivity index (χ3n) is 3.46. The normalized spacial score (nSPS) is 12.2. The van der Waals surface area contributed by atoms with Gasteiger partial charge in [0, 0.05) is 12.3 Å². The van der Waals surface area contributed by atoms with Crippen molar-refractivity contribution in [2.24, 2.45) is 0 Å². The van der Waals surface area contributed by atoms with Crippen molar-refractivity contribution in [3.63, 3.8) is 0 Å². The van der Waals surface area contributed by atoms with Gasteiger partial charge in [-0.25, -0.2) is 0 Å². The van der Waals surface area contributed by atoms with Crippen LogP contribution >= 0.6 is 0 Å². The molecule has 0 bridgehead atoms. The number of para-hydroxylation sites is 1. The molecular formula is C16H16N4O. The molecule has 0 aliphatic rings. The van der Waals surface area contributed by atoms with Crippen molar-refractivity contribution in [1.29, 1.82) is 0 Å². The molecule has 1 heterocycles. The Morgan fingerprint density at radius 2 is 1.62 bits per heavy atom. The highest BCUT2D eigenvalue weighted by molar-refractivity contribution is 5.31. The quantitative estimate of drug-likeness (QED) is 0.776. The van der Waals surface area contributed by atoms with Crippen molar-refractivity contribution < 1.29 is 5.11 Å². The first-order chi connectivity index (χ1) is 10.4. The van der Waals surface area contributed by atoms with Gasteiger partial charge in [0.05, 0.1) is 12.3 Å². The summed E-state index contributed by atoms with van der Waals surface area (Å²) in [5.74, 6) is 0.726. The molecule has 0 aliphatic carbocycles. The van der Waals surface area contributed by atoms with E-state index >= 15 is 0 Å². The summed E-state index contributed by atoms with van der Waals surface area (Å²) in [5, 5.41) is 21.6. The van der Waals surface area contributed by atoms with Crippen LogP contribution in [0.1, 0.15) is 17.3 Å². The van der Waals surface area contributed by atoms with E-state index in [0.29, 0.717) is 6.42 Å². The van der Waals surface area contributed by atoms with E-state index in [2.05, 4.69) is 15.5 Å². The smallest absolute Gasteiger partial charge is 0.157 e. The first kappa shape index (κ1) is 13.5. The molecule has 0 radical (unpaired) electrons. The van der Waals surface area contributed by atoms with Crippen LogP contribution in [0.15, 0.2) is 60.7 Å². The van der Waals surface area contributed by atoms with Crippen molar-refractivity contribution in [3.05, 3.63) is 72.1 Å². The SMILES string of the molecule is OCC(Cc1nnnn1-c1ccccc1)c1ccccc1. The molecule has 5 heteroatoms. The Labute approximate surface area is 122 Å². The van der Waals surface area contributed by atoms with Crippen LogP contribution in [-0.2, 0) is 6.42 Å². The fourth-order valence-electron chi connectivity index (χ4n) is 2.34. The molecule has 2 aromatic carbocycles. The molecule has 1 aromatic heterocycles. The number of hydrogen-bond acceptors (Lipinski definition) is 4. The zero-order chi connectivity index (χ0) is 14.5. The van der Waals surface area contributed by atoms with Crippen LogP contribution in [-0.4, -0.2) is 31.9 Å². The van der Waals surface area contributed by atoms with Crippen molar-refractivity contribution in [2.45, 2.75) is 12.3 Å². The fraction of sp³-hybridized carbons (Fsp3) is 0.188. The van der Waals surface area contributed by atoms with Gasteiger partial charge in [-0.1, -0.05) is 48.5 Å². The monoisotopic (exact) mass is 280 g/mol. The van der Waals surface area contributed by atoms with Crippen LogP contribution in [0.4, 0.5) is 0 Å². The molecule has 106 valence electrons. The molecule has 1 N–H and O–H groups in total. The predicted octanol–water partition coefficient (Wildman–Crippen LogP) is 1.98. The van der Waals surface area contributed by atoms with Gasteiger partial charge in [0.2, 0.25) is 0 Å². The average molecular weight is 280 g/mol. The summed E-state index contributed by atoms with van der Waals surface area (Å²) in [7, 11) is 0. The lowest BCUT2D eigenvalue weighted by molar-refractivity contribution is 0.262. The van der Waals surface area contributed by atoms with Crippen LogP contribution in [0.3, 0.4) is 0 Å². The van der Waals surface area contributed by atoms with E-state index in [4.69, 9.17) is 0 Å². The number of aliphatic hydroxyl groups is 1.